The predicted octanol–water partition coefficient (Wildman–Crippen LogP) is 6.46. The zero-order valence-corrected chi connectivity index (χ0v) is 21.4. The molecule has 0 radical (unpaired) electrons. The molecule has 5 aliphatic rings. The van der Waals surface area contributed by atoms with Gasteiger partial charge in [0.2, 0.25) is 0 Å². The van der Waals surface area contributed by atoms with Crippen molar-refractivity contribution in [2.24, 2.45) is 5.92 Å². The van der Waals surface area contributed by atoms with E-state index >= 15 is 0 Å². The molecular weight excluding hydrogens is 458 g/mol. The average Bonchev–Trinajstić information content (AvgIpc) is 3.67. The molecule has 3 atom stereocenters. The van der Waals surface area contributed by atoms with Crippen LogP contribution in [0.1, 0.15) is 76.6 Å². The van der Waals surface area contributed by atoms with Gasteiger partial charge in [-0.15, -0.1) is 0 Å². The number of carbonyl (C=O) groups excluding carboxylic acids is 1. The lowest BCUT2D eigenvalue weighted by Gasteiger charge is -2.61. The molecule has 4 heteroatoms. The minimum atomic E-state index is -0.192. The summed E-state index contributed by atoms with van der Waals surface area (Å²) >= 11 is 0. The molecule has 3 aromatic rings. The third-order valence-corrected chi connectivity index (χ3v) is 9.59. The van der Waals surface area contributed by atoms with E-state index < -0.39 is 0 Å². The van der Waals surface area contributed by atoms with Crippen molar-refractivity contribution in [2.45, 2.75) is 68.8 Å². The van der Waals surface area contributed by atoms with Gasteiger partial charge in [-0.25, -0.2) is 4.79 Å². The summed E-state index contributed by atoms with van der Waals surface area (Å²) in [4.78, 5) is 16.4. The quantitative estimate of drug-likeness (QED) is 0.383. The second-order valence-electron chi connectivity index (χ2n) is 11.6. The first kappa shape index (κ1) is 23.2. The van der Waals surface area contributed by atoms with Crippen LogP contribution in [0, 0.1) is 5.92 Å². The number of rotatable bonds is 5. The van der Waals surface area contributed by atoms with Crippen molar-refractivity contribution in [3.63, 3.8) is 0 Å². The Morgan fingerprint density at radius 1 is 0.784 bits per heavy atom. The highest BCUT2D eigenvalue weighted by Gasteiger charge is 2.59. The monoisotopic (exact) mass is 493 g/mol. The standard InChI is InChI=1S/C33H35NO3/c35-32(25-13-14-26-21-36-22-27(26)17-25)37-30-20-33(34-15-7-8-16-34)18-28(23-9-3-1-4-10-23)31(30)29(19-33)24-11-5-2-6-12-24/h1-6,9-14,17,28-31H,7-8,15-16,18-22H2/t28-,29-,30+,31?,33?/m0/s1. The number of carbonyl (C=O) groups is 1. The molecule has 0 aromatic heterocycles. The van der Waals surface area contributed by atoms with Gasteiger partial charge in [-0.05, 0) is 85.0 Å². The first-order valence-electron chi connectivity index (χ1n) is 14.0. The van der Waals surface area contributed by atoms with Crippen LogP contribution in [0.5, 0.6) is 0 Å². The van der Waals surface area contributed by atoms with E-state index in [1.807, 2.05) is 18.2 Å². The Morgan fingerprint density at radius 2 is 1.41 bits per heavy atom. The number of fused-ring (bicyclic) bond motifs is 4. The summed E-state index contributed by atoms with van der Waals surface area (Å²) in [5.74, 6) is 0.792. The van der Waals surface area contributed by atoms with Gasteiger partial charge in [-0.3, -0.25) is 4.90 Å². The van der Waals surface area contributed by atoms with Crippen LogP contribution in [0.25, 0.3) is 0 Å². The fourth-order valence-corrected chi connectivity index (χ4v) is 7.93. The van der Waals surface area contributed by atoms with Crippen LogP contribution in [-0.4, -0.2) is 35.6 Å². The maximum Gasteiger partial charge on any atom is 0.338 e. The zero-order valence-electron chi connectivity index (χ0n) is 21.4. The Bertz CT molecular complexity index is 1220. The van der Waals surface area contributed by atoms with Crippen molar-refractivity contribution in [2.75, 3.05) is 13.1 Å². The normalized spacial score (nSPS) is 30.8. The molecule has 4 nitrogen and oxygen atoms in total. The molecule has 37 heavy (non-hydrogen) atoms. The summed E-state index contributed by atoms with van der Waals surface area (Å²) in [5, 5.41) is 0. The predicted molar refractivity (Wildman–Crippen MR) is 143 cm³/mol. The lowest BCUT2D eigenvalue weighted by molar-refractivity contribution is -0.105. The van der Waals surface area contributed by atoms with E-state index in [1.165, 1.54) is 29.5 Å². The van der Waals surface area contributed by atoms with Gasteiger partial charge >= 0.3 is 5.97 Å². The van der Waals surface area contributed by atoms with E-state index in [4.69, 9.17) is 9.47 Å². The largest absolute Gasteiger partial charge is 0.458 e. The van der Waals surface area contributed by atoms with Gasteiger partial charge in [0.05, 0.1) is 18.8 Å². The van der Waals surface area contributed by atoms with E-state index in [0.29, 0.717) is 30.6 Å². The highest BCUT2D eigenvalue weighted by molar-refractivity contribution is 5.90. The summed E-state index contributed by atoms with van der Waals surface area (Å²) in [6.07, 6.45) is 5.64. The minimum absolute atomic E-state index is 0.0585. The molecule has 3 aromatic carbocycles. The summed E-state index contributed by atoms with van der Waals surface area (Å²) in [6.45, 7) is 3.51. The van der Waals surface area contributed by atoms with Crippen LogP contribution >= 0.6 is 0 Å². The van der Waals surface area contributed by atoms with Gasteiger partial charge in [0.25, 0.3) is 0 Å². The molecule has 8 rings (SSSR count). The molecule has 2 heterocycles. The molecule has 1 saturated heterocycles. The molecule has 0 amide bonds. The third kappa shape index (κ3) is 4.11. The van der Waals surface area contributed by atoms with Crippen molar-refractivity contribution in [1.29, 1.82) is 0 Å². The van der Waals surface area contributed by atoms with Crippen molar-refractivity contribution in [1.82, 2.24) is 4.90 Å². The molecule has 190 valence electrons. The van der Waals surface area contributed by atoms with Crippen LogP contribution in [-0.2, 0) is 22.7 Å². The maximum atomic E-state index is 13.6. The van der Waals surface area contributed by atoms with Gasteiger partial charge in [-0.1, -0.05) is 66.7 Å². The van der Waals surface area contributed by atoms with Gasteiger partial charge in [0.15, 0.2) is 0 Å². The number of hydrogen-bond acceptors (Lipinski definition) is 4. The Kier molecular flexibility index (Phi) is 5.90. The summed E-state index contributed by atoms with van der Waals surface area (Å²) in [7, 11) is 0. The van der Waals surface area contributed by atoms with Gasteiger partial charge in [-0.2, -0.15) is 0 Å². The van der Waals surface area contributed by atoms with Gasteiger partial charge < -0.3 is 9.47 Å². The molecule has 0 N–H and O–H groups in total. The molecule has 2 bridgehead atoms. The van der Waals surface area contributed by atoms with Crippen molar-refractivity contribution in [3.8, 4) is 0 Å². The molecule has 4 fully saturated rings. The fraction of sp³-hybridized carbons (Fsp3) is 0.424. The highest BCUT2D eigenvalue weighted by Crippen LogP contribution is 2.61. The number of nitrogens with zero attached hydrogens (tertiary/aromatic N) is 1. The van der Waals surface area contributed by atoms with Crippen LogP contribution in [0.15, 0.2) is 78.9 Å². The number of ether oxygens (including phenoxy) is 2. The van der Waals surface area contributed by atoms with E-state index in [0.717, 1.165) is 37.9 Å². The lowest BCUT2D eigenvalue weighted by atomic mass is 9.51. The second kappa shape index (κ2) is 9.41. The van der Waals surface area contributed by atoms with E-state index in [2.05, 4.69) is 65.6 Å². The summed E-state index contributed by atoms with van der Waals surface area (Å²) < 4.78 is 12.1. The smallest absolute Gasteiger partial charge is 0.338 e. The van der Waals surface area contributed by atoms with Crippen LogP contribution in [0.3, 0.4) is 0 Å². The van der Waals surface area contributed by atoms with Crippen LogP contribution in [0.2, 0.25) is 0 Å². The maximum absolute atomic E-state index is 13.6. The topological polar surface area (TPSA) is 38.8 Å². The number of hydrogen-bond donors (Lipinski definition) is 0. The van der Waals surface area contributed by atoms with Gasteiger partial charge in [0, 0.05) is 17.9 Å². The average molecular weight is 494 g/mol. The van der Waals surface area contributed by atoms with E-state index in [1.54, 1.807) is 0 Å². The molecule has 3 saturated carbocycles. The molecule has 3 aliphatic carbocycles. The Morgan fingerprint density at radius 3 is 2.05 bits per heavy atom. The number of esters is 1. The molecule has 2 aliphatic heterocycles. The fourth-order valence-electron chi connectivity index (χ4n) is 7.93. The molecule has 0 unspecified atom stereocenters. The van der Waals surface area contributed by atoms with Crippen LogP contribution < -0.4 is 0 Å². The second-order valence-corrected chi connectivity index (χ2v) is 11.6. The van der Waals surface area contributed by atoms with Crippen molar-refractivity contribution in [3.05, 3.63) is 107 Å². The highest BCUT2D eigenvalue weighted by atomic mass is 16.5. The van der Waals surface area contributed by atoms with Gasteiger partial charge in [0.1, 0.15) is 6.10 Å². The molecular formula is C33H35NO3. The SMILES string of the molecule is O=C(O[C@@H]1CC2(N3CCCC3)C[C@@H](c3ccccc3)C1[C@H](c1ccccc1)C2)c1ccc2c(c1)COC2. The Hall–Kier alpha value is -2.95. The minimum Gasteiger partial charge on any atom is -0.458 e. The zero-order chi connectivity index (χ0) is 24.8. The Labute approximate surface area is 219 Å². The van der Waals surface area contributed by atoms with Crippen molar-refractivity contribution < 1.29 is 14.3 Å². The van der Waals surface area contributed by atoms with Crippen LogP contribution in [0.4, 0.5) is 0 Å². The van der Waals surface area contributed by atoms with E-state index in [9.17, 15) is 4.79 Å². The number of benzene rings is 3. The Balaban J connectivity index is 1.29. The first-order chi connectivity index (χ1) is 18.2. The lowest BCUT2D eigenvalue weighted by Crippen LogP contribution is -2.62. The van der Waals surface area contributed by atoms with E-state index in [-0.39, 0.29) is 23.5 Å². The molecule has 0 spiro atoms. The summed E-state index contributed by atoms with van der Waals surface area (Å²) in [6, 6.07) is 27.9. The first-order valence-corrected chi connectivity index (χ1v) is 14.0. The number of likely N-dealkylation sites (tertiary alicyclic amines) is 1. The van der Waals surface area contributed by atoms with Crippen molar-refractivity contribution >= 4 is 5.97 Å². The third-order valence-electron chi connectivity index (χ3n) is 9.59. The summed E-state index contributed by atoms with van der Waals surface area (Å²) in [5.41, 5.74) is 5.75.